The van der Waals surface area contributed by atoms with E-state index in [9.17, 15) is 31.7 Å². The molecular weight excluding hydrogens is 415 g/mol. The summed E-state index contributed by atoms with van der Waals surface area (Å²) in [6, 6.07) is 0.971. The number of aromatic nitrogens is 1. The first-order chi connectivity index (χ1) is 13.2. The van der Waals surface area contributed by atoms with E-state index in [2.05, 4.69) is 14.2 Å². The molecular formula is C17H20F3N3O5S. The Morgan fingerprint density at radius 1 is 1.34 bits per heavy atom. The minimum Gasteiger partial charge on any atom is -0.348 e. The average molecular weight is 435 g/mol. The summed E-state index contributed by atoms with van der Waals surface area (Å²) >= 11 is 0. The Hall–Kier alpha value is -2.50. The number of aryl methyl sites for hydroxylation is 1. The van der Waals surface area contributed by atoms with Crippen molar-refractivity contribution >= 4 is 22.0 Å². The number of aliphatic imine (C=N–C) groups is 1. The topological polar surface area (TPSA) is 112 Å². The average Bonchev–Trinajstić information content (AvgIpc) is 2.94. The lowest BCUT2D eigenvalue weighted by molar-refractivity contribution is -0.385. The van der Waals surface area contributed by atoms with E-state index in [0.29, 0.717) is 17.9 Å². The Labute approximate surface area is 165 Å². The van der Waals surface area contributed by atoms with E-state index in [-0.39, 0.29) is 12.1 Å². The Bertz CT molecular complexity index is 987. The molecule has 2 heterocycles. The number of hydrogen-bond donors (Lipinski definition) is 0. The molecule has 12 heteroatoms. The molecule has 1 unspecified atom stereocenters. The molecule has 0 radical (unpaired) electrons. The summed E-state index contributed by atoms with van der Waals surface area (Å²) in [5.74, 6) is -0.928. The predicted molar refractivity (Wildman–Crippen MR) is 99.3 cm³/mol. The van der Waals surface area contributed by atoms with Crippen molar-refractivity contribution in [1.82, 2.24) is 4.98 Å². The first-order valence-corrected chi connectivity index (χ1v) is 10.1. The fourth-order valence-electron chi connectivity index (χ4n) is 2.94. The molecule has 0 aliphatic carbocycles. The molecule has 2 rings (SSSR count). The summed E-state index contributed by atoms with van der Waals surface area (Å²) in [5, 5.41) is 11.3. The first kappa shape index (κ1) is 22.8. The quantitative estimate of drug-likeness (QED) is 0.276. The third-order valence-corrected chi connectivity index (χ3v) is 5.13. The van der Waals surface area contributed by atoms with Crippen molar-refractivity contribution in [1.29, 1.82) is 0 Å². The van der Waals surface area contributed by atoms with Crippen LogP contribution in [-0.2, 0) is 22.1 Å². The number of hydrogen-bond acceptors (Lipinski definition) is 7. The van der Waals surface area contributed by atoms with Crippen LogP contribution in [0.2, 0.25) is 0 Å². The Morgan fingerprint density at radius 2 is 1.97 bits per heavy atom. The molecule has 1 aromatic rings. The van der Waals surface area contributed by atoms with Gasteiger partial charge in [-0.3, -0.25) is 15.1 Å². The van der Waals surface area contributed by atoms with E-state index in [0.717, 1.165) is 11.6 Å². The zero-order valence-corrected chi connectivity index (χ0v) is 17.0. The first-order valence-electron chi connectivity index (χ1n) is 8.66. The normalized spacial score (nSPS) is 19.5. The molecule has 0 aromatic carbocycles. The SMILES string of the molecule is CCc1cc([N+](=O)[O-])c(OS(=O)(=O)C(F)(F)F)nc1C1(C)C=C(CC(C)C)C=N1. The largest absolute Gasteiger partial charge is 0.534 e. The molecule has 1 aliphatic rings. The number of rotatable bonds is 7. The summed E-state index contributed by atoms with van der Waals surface area (Å²) < 4.78 is 64.9. The Kier molecular flexibility index (Phi) is 6.07. The van der Waals surface area contributed by atoms with Crippen molar-refractivity contribution in [3.8, 4) is 5.88 Å². The van der Waals surface area contributed by atoms with Crippen LogP contribution in [0, 0.1) is 16.0 Å². The van der Waals surface area contributed by atoms with E-state index in [4.69, 9.17) is 0 Å². The summed E-state index contributed by atoms with van der Waals surface area (Å²) in [5.41, 5.74) is -6.55. The lowest BCUT2D eigenvalue weighted by Gasteiger charge is -2.22. The maximum absolute atomic E-state index is 12.7. The van der Waals surface area contributed by atoms with Crippen LogP contribution in [0.15, 0.2) is 22.7 Å². The minimum absolute atomic E-state index is 0.0907. The van der Waals surface area contributed by atoms with Crippen molar-refractivity contribution in [2.75, 3.05) is 0 Å². The summed E-state index contributed by atoms with van der Waals surface area (Å²) in [6.07, 6.45) is 4.31. The van der Waals surface area contributed by atoms with Gasteiger partial charge >= 0.3 is 27.2 Å². The number of nitrogens with zero attached hydrogens (tertiary/aromatic N) is 3. The fourth-order valence-corrected chi connectivity index (χ4v) is 3.37. The van der Waals surface area contributed by atoms with E-state index in [1.807, 2.05) is 13.8 Å². The molecule has 0 amide bonds. The molecule has 0 saturated heterocycles. The Balaban J connectivity index is 2.65. The third-order valence-electron chi connectivity index (χ3n) is 4.19. The molecule has 1 aliphatic heterocycles. The maximum Gasteiger partial charge on any atom is 0.534 e. The van der Waals surface area contributed by atoms with E-state index in [1.54, 1.807) is 26.1 Å². The van der Waals surface area contributed by atoms with Crippen LogP contribution >= 0.6 is 0 Å². The van der Waals surface area contributed by atoms with Gasteiger partial charge in [0.1, 0.15) is 5.54 Å². The van der Waals surface area contributed by atoms with Crippen LogP contribution in [0.4, 0.5) is 18.9 Å². The van der Waals surface area contributed by atoms with Crippen LogP contribution in [0.5, 0.6) is 5.88 Å². The van der Waals surface area contributed by atoms with Gasteiger partial charge in [0.2, 0.25) is 0 Å². The van der Waals surface area contributed by atoms with Crippen LogP contribution in [0.1, 0.15) is 45.4 Å². The fraction of sp³-hybridized carbons (Fsp3) is 0.529. The number of allylic oxidation sites excluding steroid dienone is 1. The molecule has 1 aromatic heterocycles. The molecule has 0 N–H and O–H groups in total. The monoisotopic (exact) mass is 435 g/mol. The molecule has 160 valence electrons. The van der Waals surface area contributed by atoms with Crippen LogP contribution < -0.4 is 4.18 Å². The second kappa shape index (κ2) is 7.73. The summed E-state index contributed by atoms with van der Waals surface area (Å²) in [4.78, 5) is 18.4. The molecule has 1 atom stereocenters. The lowest BCUT2D eigenvalue weighted by Crippen LogP contribution is -2.29. The minimum atomic E-state index is -6.13. The van der Waals surface area contributed by atoms with Gasteiger partial charge in [-0.2, -0.15) is 21.6 Å². The van der Waals surface area contributed by atoms with E-state index in [1.165, 1.54) is 0 Å². The van der Waals surface area contributed by atoms with Gasteiger partial charge in [0, 0.05) is 12.3 Å². The number of pyridine rings is 1. The zero-order valence-electron chi connectivity index (χ0n) is 16.1. The smallest absolute Gasteiger partial charge is 0.348 e. The molecule has 29 heavy (non-hydrogen) atoms. The van der Waals surface area contributed by atoms with Crippen LogP contribution in [0.25, 0.3) is 0 Å². The number of nitro groups is 1. The van der Waals surface area contributed by atoms with Crippen molar-refractivity contribution in [3.05, 3.63) is 39.1 Å². The van der Waals surface area contributed by atoms with Crippen molar-refractivity contribution in [3.63, 3.8) is 0 Å². The number of halogens is 3. The standard InChI is InChI=1S/C17H20F3N3O5S/c1-5-12-7-13(23(24)25)15(28-29(26,27)17(18,19)20)22-14(12)16(4)8-11(9-21-16)6-10(2)3/h7-10H,5-6H2,1-4H3. The highest BCUT2D eigenvalue weighted by Gasteiger charge is 2.50. The highest BCUT2D eigenvalue weighted by molar-refractivity contribution is 7.88. The predicted octanol–water partition coefficient (Wildman–Crippen LogP) is 4.05. The second-order valence-electron chi connectivity index (χ2n) is 7.14. The molecule has 8 nitrogen and oxygen atoms in total. The van der Waals surface area contributed by atoms with Gasteiger partial charge in [-0.25, -0.2) is 4.98 Å². The lowest BCUT2D eigenvalue weighted by atomic mass is 9.91. The third kappa shape index (κ3) is 4.74. The van der Waals surface area contributed by atoms with Gasteiger partial charge in [0.05, 0.1) is 10.6 Å². The van der Waals surface area contributed by atoms with Crippen LogP contribution in [-0.4, -0.2) is 30.0 Å². The summed E-state index contributed by atoms with van der Waals surface area (Å²) in [6.45, 7) is 7.31. The zero-order chi connectivity index (χ0) is 22.2. The highest BCUT2D eigenvalue weighted by atomic mass is 32.2. The van der Waals surface area contributed by atoms with Crippen molar-refractivity contribution < 1.29 is 30.7 Å². The second-order valence-corrected chi connectivity index (χ2v) is 8.68. The van der Waals surface area contributed by atoms with Gasteiger partial charge < -0.3 is 4.18 Å². The molecule has 0 saturated carbocycles. The number of alkyl halides is 3. The Morgan fingerprint density at radius 3 is 2.45 bits per heavy atom. The van der Waals surface area contributed by atoms with E-state index < -0.39 is 37.7 Å². The van der Waals surface area contributed by atoms with Crippen molar-refractivity contribution in [2.45, 2.75) is 51.6 Å². The van der Waals surface area contributed by atoms with Gasteiger partial charge in [-0.15, -0.1) is 0 Å². The molecule has 0 spiro atoms. The molecule has 0 fully saturated rings. The van der Waals surface area contributed by atoms with Gasteiger partial charge in [-0.1, -0.05) is 20.8 Å². The van der Waals surface area contributed by atoms with Crippen LogP contribution in [0.3, 0.4) is 0 Å². The molecule has 0 bridgehead atoms. The van der Waals surface area contributed by atoms with Gasteiger partial charge in [0.25, 0.3) is 0 Å². The van der Waals surface area contributed by atoms with Gasteiger partial charge in [-0.05, 0) is 42.9 Å². The summed E-state index contributed by atoms with van der Waals surface area (Å²) in [7, 11) is -6.13. The van der Waals surface area contributed by atoms with Crippen molar-refractivity contribution in [2.24, 2.45) is 10.9 Å². The van der Waals surface area contributed by atoms with Gasteiger partial charge in [0.15, 0.2) is 0 Å². The maximum atomic E-state index is 12.7. The van der Waals surface area contributed by atoms with E-state index >= 15 is 0 Å². The highest BCUT2D eigenvalue weighted by Crippen LogP contribution is 2.39.